The number of aromatic nitrogens is 5. The minimum Gasteiger partial charge on any atom is -0.467 e. The van der Waals surface area contributed by atoms with Gasteiger partial charge in [-0.3, -0.25) is 14.6 Å². The number of hydrogen-bond acceptors (Lipinski definition) is 8. The Kier molecular flexibility index (Phi) is 4.74. The Labute approximate surface area is 157 Å². The van der Waals surface area contributed by atoms with Crippen molar-refractivity contribution in [2.75, 3.05) is 0 Å². The van der Waals surface area contributed by atoms with Crippen molar-refractivity contribution in [3.8, 4) is 23.0 Å². The highest BCUT2D eigenvalue weighted by Gasteiger charge is 2.14. The number of pyridine rings is 1. The van der Waals surface area contributed by atoms with Crippen LogP contribution in [-0.4, -0.2) is 30.8 Å². The lowest BCUT2D eigenvalue weighted by Crippen LogP contribution is -2.33. The van der Waals surface area contributed by atoms with Gasteiger partial charge in [0.1, 0.15) is 18.0 Å². The normalized spacial score (nSPS) is 10.7. The van der Waals surface area contributed by atoms with Crippen molar-refractivity contribution < 1.29 is 13.7 Å². The number of carbonyl (C=O) groups is 1. The first-order chi connectivity index (χ1) is 13.7. The molecule has 4 rings (SSSR count). The Morgan fingerprint density at radius 3 is 2.89 bits per heavy atom. The predicted molar refractivity (Wildman–Crippen MR) is 95.6 cm³/mol. The zero-order valence-corrected chi connectivity index (χ0v) is 14.5. The van der Waals surface area contributed by atoms with Crippen LogP contribution >= 0.6 is 0 Å². The summed E-state index contributed by atoms with van der Waals surface area (Å²) in [6.07, 6.45) is 4.76. The quantitative estimate of drug-likeness (QED) is 0.531. The maximum atomic E-state index is 12.1. The van der Waals surface area contributed by atoms with Gasteiger partial charge >= 0.3 is 0 Å². The number of furan rings is 1. The summed E-state index contributed by atoms with van der Waals surface area (Å²) in [5.74, 6) is 0.698. The topological polar surface area (TPSA) is 129 Å². The molecule has 1 amide bonds. The summed E-state index contributed by atoms with van der Waals surface area (Å²) in [4.78, 5) is 32.4. The average molecular weight is 378 g/mol. The van der Waals surface area contributed by atoms with Crippen molar-refractivity contribution >= 4 is 5.91 Å². The molecule has 0 saturated heterocycles. The van der Waals surface area contributed by atoms with Gasteiger partial charge in [-0.05, 0) is 30.3 Å². The highest BCUT2D eigenvalue weighted by atomic mass is 16.5. The van der Waals surface area contributed by atoms with E-state index in [0.717, 1.165) is 4.68 Å². The molecule has 4 aromatic rings. The second kappa shape index (κ2) is 7.66. The lowest BCUT2D eigenvalue weighted by molar-refractivity contribution is -0.122. The zero-order valence-electron chi connectivity index (χ0n) is 14.5. The van der Waals surface area contributed by atoms with Crippen LogP contribution in [0.15, 0.2) is 68.8 Å². The Morgan fingerprint density at radius 1 is 1.18 bits per heavy atom. The molecule has 0 aromatic carbocycles. The number of hydrogen-bond donors (Lipinski definition) is 1. The summed E-state index contributed by atoms with van der Waals surface area (Å²) in [6, 6.07) is 9.75. The van der Waals surface area contributed by atoms with Crippen LogP contribution in [-0.2, 0) is 17.9 Å². The fourth-order valence-corrected chi connectivity index (χ4v) is 2.41. The van der Waals surface area contributed by atoms with E-state index in [0.29, 0.717) is 17.1 Å². The zero-order chi connectivity index (χ0) is 19.3. The van der Waals surface area contributed by atoms with E-state index in [9.17, 15) is 9.59 Å². The van der Waals surface area contributed by atoms with Gasteiger partial charge in [-0.1, -0.05) is 5.16 Å². The Bertz CT molecular complexity index is 1130. The van der Waals surface area contributed by atoms with Crippen LogP contribution in [0, 0.1) is 0 Å². The summed E-state index contributed by atoms with van der Waals surface area (Å²) in [5.41, 5.74) is 0.535. The predicted octanol–water partition coefficient (Wildman–Crippen LogP) is 1.26. The summed E-state index contributed by atoms with van der Waals surface area (Å²) < 4.78 is 11.4. The van der Waals surface area contributed by atoms with Crippen LogP contribution in [0.5, 0.6) is 0 Å². The van der Waals surface area contributed by atoms with Gasteiger partial charge in [0.05, 0.1) is 12.8 Å². The van der Waals surface area contributed by atoms with E-state index in [-0.39, 0.29) is 30.6 Å². The van der Waals surface area contributed by atoms with Crippen molar-refractivity contribution in [3.05, 3.63) is 71.2 Å². The van der Waals surface area contributed by atoms with E-state index in [1.807, 2.05) is 0 Å². The summed E-state index contributed by atoms with van der Waals surface area (Å²) in [6.45, 7) is -0.0324. The highest BCUT2D eigenvalue weighted by molar-refractivity contribution is 5.75. The van der Waals surface area contributed by atoms with Gasteiger partial charge in [-0.15, -0.1) is 0 Å². The molecule has 0 saturated carbocycles. The molecule has 0 aliphatic heterocycles. The maximum absolute atomic E-state index is 12.1. The molecule has 0 atom stereocenters. The number of nitrogens with zero attached hydrogens (tertiary/aromatic N) is 5. The second-order valence-electron chi connectivity index (χ2n) is 5.74. The molecule has 0 aliphatic rings. The molecule has 0 fully saturated rings. The molecule has 140 valence electrons. The third-order valence-corrected chi connectivity index (χ3v) is 3.76. The summed E-state index contributed by atoms with van der Waals surface area (Å²) >= 11 is 0. The van der Waals surface area contributed by atoms with Crippen LogP contribution in [0.4, 0.5) is 0 Å². The Morgan fingerprint density at radius 2 is 2.11 bits per heavy atom. The third kappa shape index (κ3) is 3.85. The number of nitrogens with one attached hydrogen (secondary N) is 1. The van der Waals surface area contributed by atoms with E-state index in [1.54, 1.807) is 36.7 Å². The molecule has 10 nitrogen and oxygen atoms in total. The fourth-order valence-electron chi connectivity index (χ4n) is 2.41. The molecule has 1 N–H and O–H groups in total. The molecule has 0 unspecified atom stereocenters. The number of amides is 1. The summed E-state index contributed by atoms with van der Waals surface area (Å²) in [5, 5.41) is 10.7. The van der Waals surface area contributed by atoms with Gasteiger partial charge in [0, 0.05) is 24.0 Å². The molecule has 4 heterocycles. The van der Waals surface area contributed by atoms with Gasteiger partial charge in [0.25, 0.3) is 11.4 Å². The molecule has 0 aliphatic carbocycles. The first-order valence-corrected chi connectivity index (χ1v) is 8.31. The fraction of sp³-hybridized carbons (Fsp3) is 0.111. The second-order valence-corrected chi connectivity index (χ2v) is 5.74. The van der Waals surface area contributed by atoms with E-state index >= 15 is 0 Å². The number of rotatable bonds is 6. The van der Waals surface area contributed by atoms with Gasteiger partial charge in [-0.25, -0.2) is 4.68 Å². The monoisotopic (exact) mass is 378 g/mol. The van der Waals surface area contributed by atoms with Crippen molar-refractivity contribution in [3.63, 3.8) is 0 Å². The molecule has 0 bridgehead atoms. The molecule has 10 heteroatoms. The van der Waals surface area contributed by atoms with Crippen LogP contribution in [0.1, 0.15) is 5.76 Å². The van der Waals surface area contributed by atoms with Crippen LogP contribution in [0.3, 0.4) is 0 Å². The maximum Gasteiger partial charge on any atom is 0.278 e. The number of carbonyl (C=O) groups excluding carboxylic acids is 1. The van der Waals surface area contributed by atoms with Crippen LogP contribution in [0.2, 0.25) is 0 Å². The minimum absolute atomic E-state index is 0.128. The van der Waals surface area contributed by atoms with Crippen LogP contribution < -0.4 is 10.9 Å². The Hall–Kier alpha value is -4.08. The van der Waals surface area contributed by atoms with E-state index in [4.69, 9.17) is 8.94 Å². The molecule has 4 aromatic heterocycles. The standard InChI is InChI=1S/C18H14N6O4/c25-15(20-10-13-4-2-8-27-13)11-24-16(26)6-5-14(22-24)18-21-17(23-28-18)12-3-1-7-19-9-12/h1-9H,10-11H2,(H,20,25). The minimum atomic E-state index is -0.427. The van der Waals surface area contributed by atoms with E-state index in [2.05, 4.69) is 25.5 Å². The highest BCUT2D eigenvalue weighted by Crippen LogP contribution is 2.19. The lowest BCUT2D eigenvalue weighted by Gasteiger charge is -2.06. The van der Waals surface area contributed by atoms with E-state index in [1.165, 1.54) is 18.4 Å². The first-order valence-electron chi connectivity index (χ1n) is 8.31. The van der Waals surface area contributed by atoms with Gasteiger partial charge < -0.3 is 14.3 Å². The third-order valence-electron chi connectivity index (χ3n) is 3.76. The van der Waals surface area contributed by atoms with E-state index < -0.39 is 5.56 Å². The molecular formula is C18H14N6O4. The largest absolute Gasteiger partial charge is 0.467 e. The van der Waals surface area contributed by atoms with Gasteiger partial charge in [-0.2, -0.15) is 10.1 Å². The molecular weight excluding hydrogens is 364 g/mol. The van der Waals surface area contributed by atoms with Gasteiger partial charge in [0.2, 0.25) is 11.7 Å². The lowest BCUT2D eigenvalue weighted by atomic mass is 10.3. The first kappa shape index (κ1) is 17.3. The Balaban J connectivity index is 1.50. The molecule has 28 heavy (non-hydrogen) atoms. The molecule has 0 radical (unpaired) electrons. The van der Waals surface area contributed by atoms with Crippen molar-refractivity contribution in [1.29, 1.82) is 0 Å². The smallest absolute Gasteiger partial charge is 0.278 e. The van der Waals surface area contributed by atoms with Crippen molar-refractivity contribution in [1.82, 2.24) is 30.2 Å². The SMILES string of the molecule is O=C(Cn1nc(-c2nc(-c3cccnc3)no2)ccc1=O)NCc1ccco1. The molecule has 0 spiro atoms. The average Bonchev–Trinajstić information content (AvgIpc) is 3.41. The van der Waals surface area contributed by atoms with Crippen molar-refractivity contribution in [2.24, 2.45) is 0 Å². The van der Waals surface area contributed by atoms with Gasteiger partial charge in [0.15, 0.2) is 0 Å². The van der Waals surface area contributed by atoms with Crippen LogP contribution in [0.25, 0.3) is 23.0 Å². The van der Waals surface area contributed by atoms with Crippen molar-refractivity contribution in [2.45, 2.75) is 13.1 Å². The summed E-state index contributed by atoms with van der Waals surface area (Å²) in [7, 11) is 0.